The van der Waals surface area contributed by atoms with Crippen molar-refractivity contribution in [3.63, 3.8) is 0 Å². The van der Waals surface area contributed by atoms with E-state index in [1.165, 1.54) is 17.8 Å². The first-order valence-corrected chi connectivity index (χ1v) is 12.6. The van der Waals surface area contributed by atoms with Gasteiger partial charge in [0.15, 0.2) is 0 Å². The minimum atomic E-state index is -0.0868. The summed E-state index contributed by atoms with van der Waals surface area (Å²) in [6.07, 6.45) is 7.16. The molecule has 8 heteroatoms. The second kappa shape index (κ2) is 8.41. The standard InChI is InChI=1S/C24H26N4O2S2/c1-4-14-27-22(30)20(24-26(3)17-12-8-9-13-18(17)31-24)32-23(27)19-15(2)25-28(21(19)29)16-10-6-5-7-11-16/h4,8-9,12-13,16H,1,5-7,10-11,14H2,2-3H3/b23-19-,24-20+. The Morgan fingerprint density at radius 2 is 1.94 bits per heavy atom. The number of aromatic nitrogens is 1. The minimum Gasteiger partial charge on any atom is -0.337 e. The Morgan fingerprint density at radius 3 is 2.66 bits per heavy atom. The van der Waals surface area contributed by atoms with Gasteiger partial charge < -0.3 is 4.90 Å². The summed E-state index contributed by atoms with van der Waals surface area (Å²) < 4.78 is 3.00. The molecular formula is C24H26N4O2S2. The fraction of sp³-hybridized carbons (Fsp3) is 0.375. The molecule has 3 heterocycles. The second-order valence-corrected chi connectivity index (χ2v) is 10.4. The van der Waals surface area contributed by atoms with Crippen molar-refractivity contribution in [2.24, 2.45) is 5.10 Å². The highest BCUT2D eigenvalue weighted by Gasteiger charge is 2.35. The fourth-order valence-electron chi connectivity index (χ4n) is 4.67. The number of thiazole rings is 1. The fourth-order valence-corrected chi connectivity index (χ4v) is 7.22. The van der Waals surface area contributed by atoms with Gasteiger partial charge in [-0.3, -0.25) is 14.2 Å². The molecule has 0 unspecified atom stereocenters. The Labute approximate surface area is 195 Å². The number of carbonyl (C=O) groups excluding carboxylic acids is 1. The molecule has 0 atom stereocenters. The molecule has 2 aliphatic heterocycles. The molecule has 6 nitrogen and oxygen atoms in total. The van der Waals surface area contributed by atoms with Gasteiger partial charge in [0.25, 0.3) is 11.5 Å². The van der Waals surface area contributed by atoms with Crippen LogP contribution in [0.5, 0.6) is 0 Å². The number of benzene rings is 1. The number of carbonyl (C=O) groups is 1. The first-order chi connectivity index (χ1) is 15.5. The van der Waals surface area contributed by atoms with Crippen LogP contribution in [0.4, 0.5) is 5.69 Å². The number of rotatable bonds is 3. The van der Waals surface area contributed by atoms with Gasteiger partial charge in [0, 0.05) is 18.5 Å². The van der Waals surface area contributed by atoms with Crippen LogP contribution in [0.25, 0.3) is 10.6 Å². The molecule has 0 spiro atoms. The average Bonchev–Trinajstić information content (AvgIpc) is 3.41. The lowest BCUT2D eigenvalue weighted by molar-refractivity contribution is -0.126. The van der Waals surface area contributed by atoms with Crippen molar-refractivity contribution < 1.29 is 4.79 Å². The third-order valence-electron chi connectivity index (χ3n) is 6.30. The largest absolute Gasteiger partial charge is 0.337 e. The molecule has 0 N–H and O–H groups in total. The van der Waals surface area contributed by atoms with Crippen LogP contribution in [0, 0.1) is 0 Å². The van der Waals surface area contributed by atoms with Crippen LogP contribution in [0.3, 0.4) is 0 Å². The molecule has 1 amide bonds. The number of hydrogen-bond acceptors (Lipinski definition) is 6. The lowest BCUT2D eigenvalue weighted by Gasteiger charge is -2.27. The molecule has 32 heavy (non-hydrogen) atoms. The van der Waals surface area contributed by atoms with Crippen molar-refractivity contribution in [3.05, 3.63) is 56.5 Å². The van der Waals surface area contributed by atoms with E-state index in [0.29, 0.717) is 27.0 Å². The van der Waals surface area contributed by atoms with Gasteiger partial charge in [-0.15, -0.1) is 17.9 Å². The van der Waals surface area contributed by atoms with E-state index in [1.54, 1.807) is 27.4 Å². The molecule has 1 saturated carbocycles. The van der Waals surface area contributed by atoms with Gasteiger partial charge in [-0.2, -0.15) is 5.10 Å². The Morgan fingerprint density at radius 1 is 1.19 bits per heavy atom. The number of hydrogen-bond donors (Lipinski definition) is 0. The summed E-state index contributed by atoms with van der Waals surface area (Å²) in [6.45, 7) is 6.06. The lowest BCUT2D eigenvalue weighted by Crippen LogP contribution is -2.38. The molecule has 1 aliphatic carbocycles. The highest BCUT2D eigenvalue weighted by atomic mass is 32.2. The molecule has 1 fully saturated rings. The van der Waals surface area contributed by atoms with Crippen molar-refractivity contribution in [1.82, 2.24) is 9.58 Å². The lowest BCUT2D eigenvalue weighted by atomic mass is 9.95. The Bertz CT molecular complexity index is 1310. The van der Waals surface area contributed by atoms with Gasteiger partial charge >= 0.3 is 0 Å². The molecule has 0 radical (unpaired) electrons. The first kappa shape index (κ1) is 21.3. The van der Waals surface area contributed by atoms with Gasteiger partial charge in [0.2, 0.25) is 0 Å². The summed E-state index contributed by atoms with van der Waals surface area (Å²) in [6, 6.07) is 8.28. The zero-order valence-electron chi connectivity index (χ0n) is 18.3. The number of para-hydroxylation sites is 1. The Balaban J connectivity index is 1.69. The number of nitrogens with zero attached hydrogens (tertiary/aromatic N) is 4. The zero-order valence-corrected chi connectivity index (χ0v) is 20.0. The van der Waals surface area contributed by atoms with Gasteiger partial charge in [0.05, 0.1) is 23.0 Å². The number of fused-ring (bicyclic) bond motifs is 1. The molecule has 1 aromatic heterocycles. The minimum absolute atomic E-state index is 0.0827. The van der Waals surface area contributed by atoms with Crippen molar-refractivity contribution in [2.75, 3.05) is 11.9 Å². The van der Waals surface area contributed by atoms with E-state index in [-0.39, 0.29) is 17.5 Å². The molecule has 3 aliphatic rings. The van der Waals surface area contributed by atoms with Crippen LogP contribution >= 0.6 is 23.1 Å². The third kappa shape index (κ3) is 3.36. The van der Waals surface area contributed by atoms with Gasteiger partial charge in [-0.25, -0.2) is 5.01 Å². The van der Waals surface area contributed by atoms with Crippen LogP contribution in [-0.4, -0.2) is 34.3 Å². The maximum atomic E-state index is 13.5. The van der Waals surface area contributed by atoms with Gasteiger partial charge in [-0.05, 0) is 31.9 Å². The molecule has 5 rings (SSSR count). The van der Waals surface area contributed by atoms with E-state index >= 15 is 0 Å². The van der Waals surface area contributed by atoms with Crippen LogP contribution in [0.15, 0.2) is 51.7 Å². The average molecular weight is 467 g/mol. The predicted molar refractivity (Wildman–Crippen MR) is 132 cm³/mol. The molecular weight excluding hydrogens is 440 g/mol. The molecule has 2 aromatic rings. The van der Waals surface area contributed by atoms with E-state index in [1.807, 2.05) is 26.1 Å². The topological polar surface area (TPSA) is 57.9 Å². The monoisotopic (exact) mass is 466 g/mol. The maximum absolute atomic E-state index is 13.5. The van der Waals surface area contributed by atoms with Crippen LogP contribution in [0.1, 0.15) is 39.0 Å². The molecule has 0 bridgehead atoms. The second-order valence-electron chi connectivity index (χ2n) is 8.38. The van der Waals surface area contributed by atoms with Crippen LogP contribution in [-0.2, 0) is 11.3 Å². The number of anilines is 1. The molecule has 0 saturated heterocycles. The number of thioether (sulfide) groups is 1. The van der Waals surface area contributed by atoms with Crippen molar-refractivity contribution >= 4 is 51.0 Å². The smallest absolute Gasteiger partial charge is 0.279 e. The molecule has 166 valence electrons. The summed E-state index contributed by atoms with van der Waals surface area (Å²) in [5.74, 6) is -0.0827. The number of allylic oxidation sites excluding steroid dienone is 1. The highest BCUT2D eigenvalue weighted by molar-refractivity contribution is 8.08. The van der Waals surface area contributed by atoms with E-state index < -0.39 is 0 Å². The third-order valence-corrected chi connectivity index (χ3v) is 8.86. The summed E-state index contributed by atoms with van der Waals surface area (Å²) in [5, 5.41) is 7.21. The Kier molecular flexibility index (Phi) is 5.59. The van der Waals surface area contributed by atoms with Crippen molar-refractivity contribution in [3.8, 4) is 0 Å². The molecule has 1 aromatic carbocycles. The predicted octanol–water partition coefficient (Wildman–Crippen LogP) is 3.11. The maximum Gasteiger partial charge on any atom is 0.279 e. The van der Waals surface area contributed by atoms with E-state index in [4.69, 9.17) is 0 Å². The summed E-state index contributed by atoms with van der Waals surface area (Å²) >= 11 is 2.99. The summed E-state index contributed by atoms with van der Waals surface area (Å²) in [7, 11) is 1.98. The quantitative estimate of drug-likeness (QED) is 0.653. The first-order valence-electron chi connectivity index (χ1n) is 11.0. The normalized spacial score (nSPS) is 22.4. The number of amides is 1. The number of hydrazone groups is 1. The Hall–Kier alpha value is -2.58. The van der Waals surface area contributed by atoms with E-state index in [2.05, 4.69) is 28.7 Å². The van der Waals surface area contributed by atoms with E-state index in [9.17, 15) is 9.59 Å². The SMILES string of the molecule is C=CCn1c(=O)/c(=C2\Sc3ccccc3N2C)s/c1=C1\C(=O)N(C2CCCCC2)N=C1C. The summed E-state index contributed by atoms with van der Waals surface area (Å²) in [4.78, 5) is 30.2. The van der Waals surface area contributed by atoms with Crippen LogP contribution < -0.4 is 19.7 Å². The summed E-state index contributed by atoms with van der Waals surface area (Å²) in [5.41, 5.74) is 2.24. The van der Waals surface area contributed by atoms with Crippen molar-refractivity contribution in [2.45, 2.75) is 56.5 Å². The van der Waals surface area contributed by atoms with Crippen molar-refractivity contribution in [1.29, 1.82) is 0 Å². The zero-order chi connectivity index (χ0) is 22.4. The van der Waals surface area contributed by atoms with Gasteiger partial charge in [-0.1, -0.05) is 49.2 Å². The highest BCUT2D eigenvalue weighted by Crippen LogP contribution is 2.44. The van der Waals surface area contributed by atoms with Gasteiger partial charge in [0.1, 0.15) is 14.2 Å². The van der Waals surface area contributed by atoms with E-state index in [0.717, 1.165) is 41.3 Å². The van der Waals surface area contributed by atoms with Crippen LogP contribution in [0.2, 0.25) is 0 Å².